The van der Waals surface area contributed by atoms with Gasteiger partial charge in [-0.1, -0.05) is 90.6 Å². The molecule has 5 nitrogen and oxygen atoms in total. The number of nitrogens with one attached hydrogen (secondary N) is 1. The Morgan fingerprint density at radius 3 is 2.19 bits per heavy atom. The summed E-state index contributed by atoms with van der Waals surface area (Å²) in [6.07, 6.45) is 0. The van der Waals surface area contributed by atoms with Gasteiger partial charge in [-0.2, -0.15) is 0 Å². The fourth-order valence-corrected chi connectivity index (χ4v) is 4.28. The SMILES string of the molecule is CCn1c(SC(C)C(=O)Nc2ccccc2-c2ccccc2)nnc1-c1ccccc1. The molecule has 1 heterocycles. The number of carbonyl (C=O) groups excluding carboxylic acids is 1. The van der Waals surface area contributed by atoms with Crippen LogP contribution in [0.1, 0.15) is 13.8 Å². The molecule has 0 saturated carbocycles. The van der Waals surface area contributed by atoms with Crippen LogP contribution in [0.5, 0.6) is 0 Å². The van der Waals surface area contributed by atoms with Crippen LogP contribution in [0.25, 0.3) is 22.5 Å². The number of amides is 1. The molecule has 1 unspecified atom stereocenters. The van der Waals surface area contributed by atoms with Gasteiger partial charge in [0.25, 0.3) is 0 Å². The van der Waals surface area contributed by atoms with Gasteiger partial charge in [0, 0.05) is 23.4 Å². The average Bonchev–Trinajstić information content (AvgIpc) is 3.23. The quantitative estimate of drug-likeness (QED) is 0.381. The Bertz CT molecular complexity index is 1160. The standard InChI is InChI=1S/C25H24N4OS/c1-3-29-23(20-14-8-5-9-15-20)27-28-25(29)31-18(2)24(30)26-22-17-11-10-16-21(22)19-12-6-4-7-13-19/h4-18H,3H2,1-2H3,(H,26,30). The van der Waals surface area contributed by atoms with Gasteiger partial charge in [-0.15, -0.1) is 10.2 Å². The Labute approximate surface area is 186 Å². The summed E-state index contributed by atoms with van der Waals surface area (Å²) in [6.45, 7) is 4.67. The molecule has 3 aromatic carbocycles. The average molecular weight is 429 g/mol. The van der Waals surface area contributed by atoms with E-state index in [-0.39, 0.29) is 11.2 Å². The molecule has 0 bridgehead atoms. The molecular weight excluding hydrogens is 404 g/mol. The van der Waals surface area contributed by atoms with E-state index < -0.39 is 0 Å². The number of hydrogen-bond acceptors (Lipinski definition) is 4. The van der Waals surface area contributed by atoms with Gasteiger partial charge >= 0.3 is 0 Å². The zero-order chi connectivity index (χ0) is 21.6. The van der Waals surface area contributed by atoms with Crippen molar-refractivity contribution in [1.82, 2.24) is 14.8 Å². The lowest BCUT2D eigenvalue weighted by molar-refractivity contribution is -0.115. The number of para-hydroxylation sites is 1. The van der Waals surface area contributed by atoms with Crippen molar-refractivity contribution in [3.63, 3.8) is 0 Å². The van der Waals surface area contributed by atoms with Crippen LogP contribution in [0.3, 0.4) is 0 Å². The largest absolute Gasteiger partial charge is 0.325 e. The van der Waals surface area contributed by atoms with E-state index in [0.29, 0.717) is 0 Å². The summed E-state index contributed by atoms with van der Waals surface area (Å²) in [5.41, 5.74) is 3.87. The molecule has 0 saturated heterocycles. The summed E-state index contributed by atoms with van der Waals surface area (Å²) in [5.74, 6) is 0.743. The van der Waals surface area contributed by atoms with Crippen LogP contribution < -0.4 is 5.32 Å². The first kappa shape index (κ1) is 20.9. The number of hydrogen-bond donors (Lipinski definition) is 1. The number of anilines is 1. The Balaban J connectivity index is 1.52. The van der Waals surface area contributed by atoms with Gasteiger partial charge in [0.15, 0.2) is 11.0 Å². The summed E-state index contributed by atoms with van der Waals surface area (Å²) in [6, 6.07) is 27.9. The zero-order valence-electron chi connectivity index (χ0n) is 17.5. The molecule has 0 fully saturated rings. The molecule has 6 heteroatoms. The third-order valence-corrected chi connectivity index (χ3v) is 6.07. The van der Waals surface area contributed by atoms with Crippen LogP contribution in [-0.4, -0.2) is 25.9 Å². The first-order valence-electron chi connectivity index (χ1n) is 10.3. The van der Waals surface area contributed by atoms with E-state index in [1.165, 1.54) is 11.8 Å². The van der Waals surface area contributed by atoms with E-state index in [1.54, 1.807) is 0 Å². The highest BCUT2D eigenvalue weighted by molar-refractivity contribution is 8.00. The van der Waals surface area contributed by atoms with Crippen LogP contribution in [0.2, 0.25) is 0 Å². The molecule has 4 rings (SSSR count). The number of rotatable bonds is 7. The second kappa shape index (κ2) is 9.62. The second-order valence-corrected chi connectivity index (χ2v) is 8.39. The third kappa shape index (κ3) is 4.70. The molecule has 1 atom stereocenters. The number of nitrogens with zero attached hydrogens (tertiary/aromatic N) is 3. The maximum Gasteiger partial charge on any atom is 0.237 e. The van der Waals surface area contributed by atoms with Gasteiger partial charge in [0.05, 0.1) is 5.25 Å². The predicted octanol–water partition coefficient (Wildman–Crippen LogP) is 5.75. The highest BCUT2D eigenvalue weighted by Gasteiger charge is 2.21. The van der Waals surface area contributed by atoms with E-state index in [2.05, 4.69) is 22.4 Å². The van der Waals surface area contributed by atoms with E-state index in [0.717, 1.165) is 39.9 Å². The van der Waals surface area contributed by atoms with Crippen molar-refractivity contribution in [3.05, 3.63) is 84.9 Å². The molecule has 0 spiro atoms. The molecule has 1 aromatic heterocycles. The van der Waals surface area contributed by atoms with Crippen LogP contribution in [0, 0.1) is 0 Å². The number of aromatic nitrogens is 3. The van der Waals surface area contributed by atoms with Crippen LogP contribution in [-0.2, 0) is 11.3 Å². The van der Waals surface area contributed by atoms with Crippen LogP contribution >= 0.6 is 11.8 Å². The topological polar surface area (TPSA) is 59.8 Å². The van der Waals surface area contributed by atoms with Gasteiger partial charge in [0.1, 0.15) is 0 Å². The van der Waals surface area contributed by atoms with Crippen molar-refractivity contribution in [2.75, 3.05) is 5.32 Å². The molecule has 4 aromatic rings. The highest BCUT2D eigenvalue weighted by Crippen LogP contribution is 2.30. The van der Waals surface area contributed by atoms with Gasteiger partial charge in [-0.3, -0.25) is 4.79 Å². The van der Waals surface area contributed by atoms with E-state index >= 15 is 0 Å². The van der Waals surface area contributed by atoms with Crippen LogP contribution in [0.15, 0.2) is 90.1 Å². The molecule has 1 amide bonds. The summed E-state index contributed by atoms with van der Waals surface area (Å²) in [5, 5.41) is 12.2. The predicted molar refractivity (Wildman–Crippen MR) is 127 cm³/mol. The van der Waals surface area contributed by atoms with Crippen molar-refractivity contribution in [3.8, 4) is 22.5 Å². The fraction of sp³-hybridized carbons (Fsp3) is 0.160. The molecular formula is C25H24N4OS. The van der Waals surface area contributed by atoms with Gasteiger partial charge < -0.3 is 9.88 Å². The summed E-state index contributed by atoms with van der Waals surface area (Å²) < 4.78 is 2.04. The molecule has 1 N–H and O–H groups in total. The van der Waals surface area contributed by atoms with Gasteiger partial charge in [0.2, 0.25) is 5.91 Å². The summed E-state index contributed by atoms with van der Waals surface area (Å²) in [7, 11) is 0. The maximum absolute atomic E-state index is 13.0. The van der Waals surface area contributed by atoms with Gasteiger partial charge in [-0.05, 0) is 25.5 Å². The van der Waals surface area contributed by atoms with Crippen molar-refractivity contribution in [2.24, 2.45) is 0 Å². The maximum atomic E-state index is 13.0. The van der Waals surface area contributed by atoms with Crippen molar-refractivity contribution >= 4 is 23.4 Å². The first-order valence-corrected chi connectivity index (χ1v) is 11.2. The summed E-state index contributed by atoms with van der Waals surface area (Å²) >= 11 is 1.42. The Kier molecular flexibility index (Phi) is 6.48. The molecule has 0 aliphatic heterocycles. The van der Waals surface area contributed by atoms with Crippen molar-refractivity contribution in [2.45, 2.75) is 30.8 Å². The minimum Gasteiger partial charge on any atom is -0.325 e. The van der Waals surface area contributed by atoms with Crippen LogP contribution in [0.4, 0.5) is 5.69 Å². The molecule has 156 valence electrons. The Morgan fingerprint density at radius 2 is 1.52 bits per heavy atom. The van der Waals surface area contributed by atoms with Crippen molar-refractivity contribution < 1.29 is 4.79 Å². The normalized spacial score (nSPS) is 11.8. The third-order valence-electron chi connectivity index (χ3n) is 4.99. The minimum atomic E-state index is -0.332. The van der Waals surface area contributed by atoms with Gasteiger partial charge in [-0.25, -0.2) is 0 Å². The number of benzene rings is 3. The lowest BCUT2D eigenvalue weighted by atomic mass is 10.0. The Morgan fingerprint density at radius 1 is 0.903 bits per heavy atom. The minimum absolute atomic E-state index is 0.0692. The lowest BCUT2D eigenvalue weighted by Gasteiger charge is -2.15. The van der Waals surface area contributed by atoms with Crippen molar-refractivity contribution in [1.29, 1.82) is 0 Å². The van der Waals surface area contributed by atoms with E-state index in [4.69, 9.17) is 0 Å². The molecule has 0 aliphatic carbocycles. The first-order chi connectivity index (χ1) is 15.2. The second-order valence-electron chi connectivity index (χ2n) is 7.08. The van der Waals surface area contributed by atoms with E-state index in [1.807, 2.05) is 96.4 Å². The smallest absolute Gasteiger partial charge is 0.237 e. The molecule has 0 radical (unpaired) electrons. The van der Waals surface area contributed by atoms with E-state index in [9.17, 15) is 4.79 Å². The monoisotopic (exact) mass is 428 g/mol. The lowest BCUT2D eigenvalue weighted by Crippen LogP contribution is -2.23. The zero-order valence-corrected chi connectivity index (χ0v) is 18.3. The molecule has 0 aliphatic rings. The Hall–Kier alpha value is -3.38. The summed E-state index contributed by atoms with van der Waals surface area (Å²) in [4.78, 5) is 13.0. The molecule has 31 heavy (non-hydrogen) atoms. The number of thioether (sulfide) groups is 1. The number of carbonyl (C=O) groups is 1. The fourth-order valence-electron chi connectivity index (χ4n) is 3.37. The highest BCUT2D eigenvalue weighted by atomic mass is 32.2.